The first-order valence-corrected chi connectivity index (χ1v) is 5.66. The van der Waals surface area contributed by atoms with Crippen molar-refractivity contribution in [2.45, 2.75) is 18.2 Å². The zero-order chi connectivity index (χ0) is 11.5. The summed E-state index contributed by atoms with van der Waals surface area (Å²) in [5, 5.41) is 9.44. The van der Waals surface area contributed by atoms with Crippen molar-refractivity contribution in [3.05, 3.63) is 59.2 Å². The van der Waals surface area contributed by atoms with Crippen LogP contribution in [0.2, 0.25) is 0 Å². The Balaban J connectivity index is 2.30. The van der Waals surface area contributed by atoms with Crippen LogP contribution >= 0.6 is 12.6 Å². The maximum Gasteiger partial charge on any atom is 0.115 e. The quantitative estimate of drug-likeness (QED) is 0.756. The molecular formula is C14H14OS. The van der Waals surface area contributed by atoms with Gasteiger partial charge in [0.15, 0.2) is 0 Å². The molecule has 1 N–H and O–H groups in total. The normalized spacial score (nSPS) is 10.4. The molecule has 0 atom stereocenters. The molecule has 0 bridgehead atoms. The molecule has 0 aliphatic heterocycles. The number of hydrogen-bond acceptors (Lipinski definition) is 2. The predicted molar refractivity (Wildman–Crippen MR) is 69.3 cm³/mol. The van der Waals surface area contributed by atoms with E-state index in [9.17, 15) is 5.11 Å². The van der Waals surface area contributed by atoms with Crippen molar-refractivity contribution < 1.29 is 5.11 Å². The van der Waals surface area contributed by atoms with E-state index in [2.05, 4.69) is 37.8 Å². The molecule has 2 aromatic carbocycles. The average Bonchev–Trinajstić information content (AvgIpc) is 2.24. The fourth-order valence-corrected chi connectivity index (χ4v) is 1.97. The average molecular weight is 230 g/mol. The highest BCUT2D eigenvalue weighted by Gasteiger charge is 2.02. The van der Waals surface area contributed by atoms with E-state index in [1.165, 1.54) is 11.1 Å². The number of thiol groups is 1. The van der Waals surface area contributed by atoms with Crippen LogP contribution in [-0.4, -0.2) is 5.11 Å². The van der Waals surface area contributed by atoms with Crippen LogP contribution in [0.4, 0.5) is 0 Å². The summed E-state index contributed by atoms with van der Waals surface area (Å²) >= 11 is 4.39. The summed E-state index contributed by atoms with van der Waals surface area (Å²) in [6.45, 7) is 2.08. The van der Waals surface area contributed by atoms with Gasteiger partial charge >= 0.3 is 0 Å². The van der Waals surface area contributed by atoms with E-state index in [-0.39, 0.29) is 0 Å². The third kappa shape index (κ3) is 2.58. The number of hydrogen-bond donors (Lipinski definition) is 2. The number of aromatic hydroxyl groups is 1. The number of phenols is 1. The highest BCUT2D eigenvalue weighted by molar-refractivity contribution is 7.80. The first-order chi connectivity index (χ1) is 7.65. The predicted octanol–water partition coefficient (Wildman–Crippen LogP) is 3.58. The highest BCUT2D eigenvalue weighted by Crippen LogP contribution is 2.22. The summed E-state index contributed by atoms with van der Waals surface area (Å²) in [6.07, 6.45) is 0.801. The van der Waals surface area contributed by atoms with Crippen molar-refractivity contribution in [2.75, 3.05) is 0 Å². The van der Waals surface area contributed by atoms with Crippen LogP contribution in [0.5, 0.6) is 5.75 Å². The molecular weight excluding hydrogens is 216 g/mol. The van der Waals surface area contributed by atoms with Gasteiger partial charge < -0.3 is 5.11 Å². The minimum Gasteiger partial charge on any atom is -0.508 e. The second-order valence-electron chi connectivity index (χ2n) is 3.98. The molecule has 16 heavy (non-hydrogen) atoms. The Morgan fingerprint density at radius 1 is 1.12 bits per heavy atom. The number of rotatable bonds is 2. The molecule has 0 saturated carbocycles. The van der Waals surface area contributed by atoms with Gasteiger partial charge in [-0.15, -0.1) is 12.6 Å². The van der Waals surface area contributed by atoms with Gasteiger partial charge in [0.05, 0.1) is 0 Å². The van der Waals surface area contributed by atoms with Gasteiger partial charge in [0.1, 0.15) is 5.75 Å². The van der Waals surface area contributed by atoms with Crippen LogP contribution in [0.1, 0.15) is 16.7 Å². The Kier molecular flexibility index (Phi) is 3.20. The van der Waals surface area contributed by atoms with Gasteiger partial charge in [-0.2, -0.15) is 0 Å². The monoisotopic (exact) mass is 230 g/mol. The topological polar surface area (TPSA) is 20.2 Å². The fourth-order valence-electron chi connectivity index (χ4n) is 1.76. The third-order valence-corrected chi connectivity index (χ3v) is 2.98. The summed E-state index contributed by atoms with van der Waals surface area (Å²) in [6, 6.07) is 13.6. The minimum atomic E-state index is 0.292. The van der Waals surface area contributed by atoms with Gasteiger partial charge in [-0.3, -0.25) is 0 Å². The number of phenolic OH excluding ortho intramolecular Hbond substituents is 1. The standard InChI is InChI=1S/C14H14OS/c1-10-3-2-4-11(7-10)8-12-9-13(15)5-6-14(12)16/h2-7,9,15-16H,8H2,1H3. The number of aryl methyl sites for hydroxylation is 1. The summed E-state index contributed by atoms with van der Waals surface area (Å²) in [5.41, 5.74) is 3.54. The fraction of sp³-hybridized carbons (Fsp3) is 0.143. The minimum absolute atomic E-state index is 0.292. The molecule has 0 aliphatic rings. The summed E-state index contributed by atoms with van der Waals surface area (Å²) in [4.78, 5) is 0.916. The first-order valence-electron chi connectivity index (χ1n) is 5.21. The molecule has 2 rings (SSSR count). The highest BCUT2D eigenvalue weighted by atomic mass is 32.1. The van der Waals surface area contributed by atoms with E-state index in [4.69, 9.17) is 0 Å². The van der Waals surface area contributed by atoms with E-state index in [0.717, 1.165) is 16.9 Å². The van der Waals surface area contributed by atoms with Gasteiger partial charge in [0.2, 0.25) is 0 Å². The lowest BCUT2D eigenvalue weighted by Gasteiger charge is -2.06. The van der Waals surface area contributed by atoms with Crippen molar-refractivity contribution >= 4 is 12.6 Å². The zero-order valence-electron chi connectivity index (χ0n) is 9.14. The van der Waals surface area contributed by atoms with Crippen LogP contribution in [0.3, 0.4) is 0 Å². The molecule has 0 aliphatic carbocycles. The van der Waals surface area contributed by atoms with E-state index in [1.54, 1.807) is 12.1 Å². The first kappa shape index (κ1) is 11.1. The van der Waals surface area contributed by atoms with Crippen LogP contribution in [0, 0.1) is 6.92 Å². The molecule has 0 saturated heterocycles. The molecule has 82 valence electrons. The third-order valence-electron chi connectivity index (χ3n) is 2.54. The molecule has 0 aromatic heterocycles. The maximum atomic E-state index is 9.44. The SMILES string of the molecule is Cc1cccc(Cc2cc(O)ccc2S)c1. The van der Waals surface area contributed by atoms with Gasteiger partial charge in [-0.25, -0.2) is 0 Å². The van der Waals surface area contributed by atoms with Crippen LogP contribution in [0.25, 0.3) is 0 Å². The van der Waals surface area contributed by atoms with Crippen molar-refractivity contribution in [1.82, 2.24) is 0 Å². The van der Waals surface area contributed by atoms with Gasteiger partial charge in [-0.05, 0) is 42.7 Å². The molecule has 0 heterocycles. The smallest absolute Gasteiger partial charge is 0.115 e. The Hall–Kier alpha value is -1.41. The lowest BCUT2D eigenvalue weighted by Crippen LogP contribution is -1.90. The molecule has 2 aromatic rings. The van der Waals surface area contributed by atoms with Gasteiger partial charge in [0.25, 0.3) is 0 Å². The Morgan fingerprint density at radius 3 is 2.69 bits per heavy atom. The van der Waals surface area contributed by atoms with E-state index in [1.807, 2.05) is 12.1 Å². The maximum absolute atomic E-state index is 9.44. The Labute approximate surface area is 101 Å². The van der Waals surface area contributed by atoms with Crippen molar-refractivity contribution in [2.24, 2.45) is 0 Å². The molecule has 0 fully saturated rings. The second kappa shape index (κ2) is 4.62. The van der Waals surface area contributed by atoms with Gasteiger partial charge in [0, 0.05) is 4.90 Å². The van der Waals surface area contributed by atoms with Crippen molar-refractivity contribution in [3.8, 4) is 5.75 Å². The number of benzene rings is 2. The van der Waals surface area contributed by atoms with Crippen LogP contribution in [-0.2, 0) is 6.42 Å². The molecule has 0 radical (unpaired) electrons. The molecule has 2 heteroatoms. The van der Waals surface area contributed by atoms with Crippen LogP contribution < -0.4 is 0 Å². The van der Waals surface area contributed by atoms with E-state index in [0.29, 0.717) is 5.75 Å². The lowest BCUT2D eigenvalue weighted by molar-refractivity contribution is 0.474. The lowest BCUT2D eigenvalue weighted by atomic mass is 10.0. The molecule has 0 amide bonds. The van der Waals surface area contributed by atoms with Gasteiger partial charge in [-0.1, -0.05) is 29.8 Å². The summed E-state index contributed by atoms with van der Waals surface area (Å²) < 4.78 is 0. The molecule has 0 unspecified atom stereocenters. The Morgan fingerprint density at radius 2 is 1.94 bits per heavy atom. The van der Waals surface area contributed by atoms with Crippen molar-refractivity contribution in [3.63, 3.8) is 0 Å². The summed E-state index contributed by atoms with van der Waals surface area (Å²) in [5.74, 6) is 0.292. The van der Waals surface area contributed by atoms with Crippen LogP contribution in [0.15, 0.2) is 47.4 Å². The van der Waals surface area contributed by atoms with E-state index >= 15 is 0 Å². The Bertz CT molecular complexity index is 506. The molecule has 0 spiro atoms. The molecule has 1 nitrogen and oxygen atoms in total. The van der Waals surface area contributed by atoms with Crippen molar-refractivity contribution in [1.29, 1.82) is 0 Å². The summed E-state index contributed by atoms with van der Waals surface area (Å²) in [7, 11) is 0. The zero-order valence-corrected chi connectivity index (χ0v) is 10.0. The second-order valence-corrected chi connectivity index (χ2v) is 4.46. The largest absolute Gasteiger partial charge is 0.508 e. The van der Waals surface area contributed by atoms with E-state index < -0.39 is 0 Å².